The van der Waals surface area contributed by atoms with Gasteiger partial charge < -0.3 is 0 Å². The molecule has 14 heavy (non-hydrogen) atoms. The number of rotatable bonds is 2. The SMILES string of the molecule is CC(C)(C)C(=O)C1CC(S(C)(=O)=O)C1. The molecule has 1 rings (SSSR count). The molecule has 0 radical (unpaired) electrons. The van der Waals surface area contributed by atoms with Gasteiger partial charge in [0, 0.05) is 17.6 Å². The Labute approximate surface area is 85.8 Å². The normalized spacial score (nSPS) is 28.3. The Balaban J connectivity index is 2.55. The maximum absolute atomic E-state index is 11.7. The van der Waals surface area contributed by atoms with E-state index in [0.717, 1.165) is 0 Å². The molecule has 82 valence electrons. The molecule has 0 amide bonds. The van der Waals surface area contributed by atoms with Crippen molar-refractivity contribution >= 4 is 15.6 Å². The van der Waals surface area contributed by atoms with Crippen LogP contribution >= 0.6 is 0 Å². The van der Waals surface area contributed by atoms with E-state index in [4.69, 9.17) is 0 Å². The molecule has 0 spiro atoms. The van der Waals surface area contributed by atoms with E-state index in [1.807, 2.05) is 20.8 Å². The van der Waals surface area contributed by atoms with Gasteiger partial charge in [-0.2, -0.15) is 0 Å². The van der Waals surface area contributed by atoms with Gasteiger partial charge in [0.2, 0.25) is 0 Å². The van der Waals surface area contributed by atoms with Crippen LogP contribution in [0.1, 0.15) is 33.6 Å². The van der Waals surface area contributed by atoms with Gasteiger partial charge in [-0.1, -0.05) is 20.8 Å². The van der Waals surface area contributed by atoms with Gasteiger partial charge in [-0.05, 0) is 12.8 Å². The first-order valence-electron chi connectivity index (χ1n) is 4.85. The minimum atomic E-state index is -2.93. The van der Waals surface area contributed by atoms with Crippen molar-refractivity contribution in [2.24, 2.45) is 11.3 Å². The zero-order valence-electron chi connectivity index (χ0n) is 9.20. The minimum Gasteiger partial charge on any atom is -0.299 e. The van der Waals surface area contributed by atoms with Gasteiger partial charge in [0.15, 0.2) is 0 Å². The molecule has 1 aliphatic rings. The van der Waals surface area contributed by atoms with Crippen LogP contribution < -0.4 is 0 Å². The monoisotopic (exact) mass is 218 g/mol. The molecular weight excluding hydrogens is 200 g/mol. The quantitative estimate of drug-likeness (QED) is 0.704. The Morgan fingerprint density at radius 3 is 1.93 bits per heavy atom. The molecular formula is C10H18O3S. The van der Waals surface area contributed by atoms with Crippen molar-refractivity contribution in [2.75, 3.05) is 6.26 Å². The lowest BCUT2D eigenvalue weighted by molar-refractivity contribution is -0.132. The highest BCUT2D eigenvalue weighted by Crippen LogP contribution is 2.37. The fraction of sp³-hybridized carbons (Fsp3) is 0.900. The number of hydrogen-bond donors (Lipinski definition) is 0. The minimum absolute atomic E-state index is 0.0327. The summed E-state index contributed by atoms with van der Waals surface area (Å²) in [6.07, 6.45) is 2.29. The average Bonchev–Trinajstić information content (AvgIpc) is 1.77. The van der Waals surface area contributed by atoms with E-state index < -0.39 is 9.84 Å². The molecule has 1 fully saturated rings. The zero-order valence-corrected chi connectivity index (χ0v) is 10.0. The average molecular weight is 218 g/mol. The van der Waals surface area contributed by atoms with E-state index in [0.29, 0.717) is 12.8 Å². The molecule has 0 aliphatic heterocycles. The first-order chi connectivity index (χ1) is 6.12. The lowest BCUT2D eigenvalue weighted by Gasteiger charge is -2.36. The molecule has 0 saturated heterocycles. The summed E-state index contributed by atoms with van der Waals surface area (Å²) >= 11 is 0. The van der Waals surface area contributed by atoms with Gasteiger partial charge in [-0.3, -0.25) is 4.79 Å². The maximum Gasteiger partial charge on any atom is 0.150 e. The molecule has 0 aromatic carbocycles. The molecule has 0 N–H and O–H groups in total. The van der Waals surface area contributed by atoms with E-state index in [2.05, 4.69) is 0 Å². The summed E-state index contributed by atoms with van der Waals surface area (Å²) in [7, 11) is -2.93. The van der Waals surface area contributed by atoms with E-state index in [1.54, 1.807) is 0 Å². The number of Topliss-reactive ketones (excluding diaryl/α,β-unsaturated/α-hetero) is 1. The summed E-state index contributed by atoms with van der Waals surface area (Å²) in [4.78, 5) is 11.7. The Hall–Kier alpha value is -0.380. The number of ketones is 1. The fourth-order valence-electron chi connectivity index (χ4n) is 1.74. The number of sulfone groups is 1. The highest BCUT2D eigenvalue weighted by molar-refractivity contribution is 7.91. The molecule has 0 unspecified atom stereocenters. The van der Waals surface area contributed by atoms with Crippen molar-refractivity contribution in [1.82, 2.24) is 0 Å². The third-order valence-corrected chi connectivity index (χ3v) is 4.41. The van der Waals surface area contributed by atoms with Gasteiger partial charge >= 0.3 is 0 Å². The smallest absolute Gasteiger partial charge is 0.150 e. The molecule has 1 saturated carbocycles. The van der Waals surface area contributed by atoms with Gasteiger partial charge in [-0.15, -0.1) is 0 Å². The van der Waals surface area contributed by atoms with Crippen LogP contribution in [0.2, 0.25) is 0 Å². The van der Waals surface area contributed by atoms with Crippen LogP contribution in [0.5, 0.6) is 0 Å². The summed E-state index contributed by atoms with van der Waals surface area (Å²) < 4.78 is 22.2. The third-order valence-electron chi connectivity index (χ3n) is 2.81. The molecule has 0 atom stereocenters. The van der Waals surface area contributed by atoms with E-state index in [1.165, 1.54) is 6.26 Å². The Bertz CT molecular complexity index is 329. The van der Waals surface area contributed by atoms with Crippen molar-refractivity contribution in [3.8, 4) is 0 Å². The summed E-state index contributed by atoms with van der Waals surface area (Å²) in [5.74, 6) is 0.159. The molecule has 0 heterocycles. The van der Waals surface area contributed by atoms with Crippen molar-refractivity contribution < 1.29 is 13.2 Å². The molecule has 4 heteroatoms. The molecule has 0 aromatic heterocycles. The second-order valence-electron chi connectivity index (χ2n) is 5.23. The Morgan fingerprint density at radius 1 is 1.21 bits per heavy atom. The van der Waals surface area contributed by atoms with Crippen LogP contribution in [-0.4, -0.2) is 25.7 Å². The highest BCUT2D eigenvalue weighted by atomic mass is 32.2. The fourth-order valence-corrected chi connectivity index (χ4v) is 2.91. The van der Waals surface area contributed by atoms with E-state index in [9.17, 15) is 13.2 Å². The lowest BCUT2D eigenvalue weighted by atomic mass is 9.73. The van der Waals surface area contributed by atoms with Crippen molar-refractivity contribution in [3.05, 3.63) is 0 Å². The van der Waals surface area contributed by atoms with Crippen molar-refractivity contribution in [3.63, 3.8) is 0 Å². The summed E-state index contributed by atoms with van der Waals surface area (Å²) in [5.41, 5.74) is -0.340. The van der Waals surface area contributed by atoms with Gasteiger partial charge in [-0.25, -0.2) is 8.42 Å². The van der Waals surface area contributed by atoms with Crippen LogP contribution in [0.3, 0.4) is 0 Å². The number of hydrogen-bond acceptors (Lipinski definition) is 3. The zero-order chi connectivity index (χ0) is 11.1. The molecule has 0 aromatic rings. The standard InChI is InChI=1S/C10H18O3S/c1-10(2,3)9(11)7-5-8(6-7)14(4,12)13/h7-8H,5-6H2,1-4H3. The summed E-state index contributed by atoms with van der Waals surface area (Å²) in [6.45, 7) is 5.63. The number of carbonyl (C=O) groups is 1. The van der Waals surface area contributed by atoms with E-state index >= 15 is 0 Å². The first-order valence-corrected chi connectivity index (χ1v) is 6.81. The molecule has 3 nitrogen and oxygen atoms in total. The van der Waals surface area contributed by atoms with Gasteiger partial charge in [0.1, 0.15) is 15.6 Å². The lowest BCUT2D eigenvalue weighted by Crippen LogP contribution is -2.43. The molecule has 1 aliphatic carbocycles. The van der Waals surface area contributed by atoms with Gasteiger partial charge in [0.25, 0.3) is 0 Å². The van der Waals surface area contributed by atoms with Crippen LogP contribution in [0.15, 0.2) is 0 Å². The van der Waals surface area contributed by atoms with Crippen molar-refractivity contribution in [1.29, 1.82) is 0 Å². The third kappa shape index (κ3) is 2.35. The summed E-state index contributed by atoms with van der Waals surface area (Å²) in [6, 6.07) is 0. The largest absolute Gasteiger partial charge is 0.299 e. The molecule has 0 bridgehead atoms. The van der Waals surface area contributed by atoms with Crippen LogP contribution in [0, 0.1) is 11.3 Å². The van der Waals surface area contributed by atoms with Crippen LogP contribution in [0.25, 0.3) is 0 Å². The number of carbonyl (C=O) groups excluding carboxylic acids is 1. The van der Waals surface area contributed by atoms with E-state index in [-0.39, 0.29) is 22.4 Å². The topological polar surface area (TPSA) is 51.2 Å². The van der Waals surface area contributed by atoms with Crippen molar-refractivity contribution in [2.45, 2.75) is 38.9 Å². The predicted octanol–water partition coefficient (Wildman–Crippen LogP) is 1.42. The summed E-state index contributed by atoms with van der Waals surface area (Å²) in [5, 5.41) is -0.279. The highest BCUT2D eigenvalue weighted by Gasteiger charge is 2.43. The second kappa shape index (κ2) is 3.33. The van der Waals surface area contributed by atoms with Gasteiger partial charge in [0.05, 0.1) is 5.25 Å². The predicted molar refractivity (Wildman–Crippen MR) is 55.8 cm³/mol. The Morgan fingerprint density at radius 2 is 1.64 bits per heavy atom. The second-order valence-corrected chi connectivity index (χ2v) is 7.56. The van der Waals surface area contributed by atoms with Crippen LogP contribution in [0.4, 0.5) is 0 Å². The maximum atomic E-state index is 11.7. The van der Waals surface area contributed by atoms with Crippen LogP contribution in [-0.2, 0) is 14.6 Å². The Kier molecular flexibility index (Phi) is 2.78. The first kappa shape index (κ1) is 11.7.